The molecule has 0 amide bonds. The largest absolute Gasteiger partial charge is 0.489 e. The van der Waals surface area contributed by atoms with Crippen molar-refractivity contribution in [2.24, 2.45) is 0 Å². The van der Waals surface area contributed by atoms with E-state index in [4.69, 9.17) is 9.26 Å². The Hall–Kier alpha value is -2.73. The minimum absolute atomic E-state index is 0.336. The highest BCUT2D eigenvalue weighted by molar-refractivity contribution is 5.56. The van der Waals surface area contributed by atoms with Gasteiger partial charge in [-0.1, -0.05) is 23.4 Å². The van der Waals surface area contributed by atoms with Crippen LogP contribution in [-0.2, 0) is 6.61 Å². The number of hydrogen-bond acceptors (Lipinski definition) is 6. The Labute approximate surface area is 159 Å². The van der Waals surface area contributed by atoms with Crippen molar-refractivity contribution in [2.75, 3.05) is 13.6 Å². The third kappa shape index (κ3) is 4.17. The quantitative estimate of drug-likeness (QED) is 0.684. The summed E-state index contributed by atoms with van der Waals surface area (Å²) in [6.45, 7) is 3.77. The molecule has 1 fully saturated rings. The summed E-state index contributed by atoms with van der Waals surface area (Å²) in [5, 5.41) is 4.20. The Morgan fingerprint density at radius 3 is 3.00 bits per heavy atom. The number of ether oxygens (including phenoxy) is 1. The van der Waals surface area contributed by atoms with Gasteiger partial charge in [-0.05, 0) is 51.6 Å². The second-order valence-electron chi connectivity index (χ2n) is 7.18. The zero-order chi connectivity index (χ0) is 18.6. The lowest BCUT2D eigenvalue weighted by atomic mass is 9.92. The number of benzene rings is 1. The van der Waals surface area contributed by atoms with E-state index in [1.165, 1.54) is 0 Å². The molecule has 0 unspecified atom stereocenters. The maximum absolute atomic E-state index is 5.87. The van der Waals surface area contributed by atoms with Gasteiger partial charge < -0.3 is 14.2 Å². The van der Waals surface area contributed by atoms with Crippen LogP contribution in [0.15, 0.2) is 53.3 Å². The lowest BCUT2D eigenvalue weighted by Crippen LogP contribution is -2.36. The van der Waals surface area contributed by atoms with Crippen LogP contribution < -0.4 is 4.74 Å². The predicted octanol–water partition coefficient (Wildman–Crippen LogP) is 3.91. The molecular weight excluding hydrogens is 340 g/mol. The molecule has 3 aromatic rings. The van der Waals surface area contributed by atoms with Crippen LogP contribution >= 0.6 is 0 Å². The third-order valence-corrected chi connectivity index (χ3v) is 5.22. The van der Waals surface area contributed by atoms with E-state index in [0.29, 0.717) is 24.4 Å². The average molecular weight is 364 g/mol. The molecule has 1 saturated heterocycles. The van der Waals surface area contributed by atoms with Gasteiger partial charge in [0.2, 0.25) is 11.7 Å². The first-order valence-electron chi connectivity index (χ1n) is 9.35. The van der Waals surface area contributed by atoms with Crippen molar-refractivity contribution in [1.29, 1.82) is 0 Å². The first-order valence-corrected chi connectivity index (χ1v) is 9.35. The maximum atomic E-state index is 5.87. The molecule has 1 aliphatic rings. The van der Waals surface area contributed by atoms with E-state index in [-0.39, 0.29) is 0 Å². The molecule has 27 heavy (non-hydrogen) atoms. The Morgan fingerprint density at radius 1 is 1.26 bits per heavy atom. The van der Waals surface area contributed by atoms with Crippen molar-refractivity contribution in [3.63, 3.8) is 0 Å². The summed E-state index contributed by atoms with van der Waals surface area (Å²) >= 11 is 0. The average Bonchev–Trinajstić information content (AvgIpc) is 3.20. The molecule has 0 saturated carbocycles. The van der Waals surface area contributed by atoms with Crippen molar-refractivity contribution in [2.45, 2.75) is 38.3 Å². The van der Waals surface area contributed by atoms with Crippen LogP contribution in [0.4, 0.5) is 0 Å². The summed E-state index contributed by atoms with van der Waals surface area (Å²) < 4.78 is 11.5. The molecular formula is C21H24N4O2. The second-order valence-corrected chi connectivity index (χ2v) is 7.18. The van der Waals surface area contributed by atoms with Crippen molar-refractivity contribution in [3.05, 3.63) is 60.2 Å². The van der Waals surface area contributed by atoms with Gasteiger partial charge >= 0.3 is 0 Å². The molecule has 6 nitrogen and oxygen atoms in total. The molecule has 2 atom stereocenters. The van der Waals surface area contributed by atoms with Crippen LogP contribution in [0, 0.1) is 0 Å². The number of piperidine rings is 1. The molecule has 2 aromatic heterocycles. The van der Waals surface area contributed by atoms with E-state index in [0.717, 1.165) is 42.2 Å². The molecule has 0 spiro atoms. The summed E-state index contributed by atoms with van der Waals surface area (Å²) in [7, 11) is 2.16. The zero-order valence-corrected chi connectivity index (χ0v) is 15.7. The number of pyridine rings is 1. The number of rotatable bonds is 5. The minimum Gasteiger partial charge on any atom is -0.489 e. The van der Waals surface area contributed by atoms with Crippen molar-refractivity contribution < 1.29 is 9.26 Å². The fraction of sp³-hybridized carbons (Fsp3) is 0.381. The van der Waals surface area contributed by atoms with E-state index in [1.807, 2.05) is 36.4 Å². The second kappa shape index (κ2) is 7.88. The topological polar surface area (TPSA) is 64.3 Å². The lowest BCUT2D eigenvalue weighted by molar-refractivity contribution is 0.166. The lowest BCUT2D eigenvalue weighted by Gasteiger charge is -2.33. The van der Waals surface area contributed by atoms with Gasteiger partial charge in [-0.3, -0.25) is 4.98 Å². The Morgan fingerprint density at radius 2 is 2.19 bits per heavy atom. The van der Waals surface area contributed by atoms with Crippen LogP contribution in [0.25, 0.3) is 11.4 Å². The zero-order valence-electron chi connectivity index (χ0n) is 15.7. The van der Waals surface area contributed by atoms with Crippen LogP contribution in [0.1, 0.15) is 37.1 Å². The normalized spacial score (nSPS) is 20.5. The fourth-order valence-corrected chi connectivity index (χ4v) is 3.41. The van der Waals surface area contributed by atoms with Gasteiger partial charge in [0, 0.05) is 35.5 Å². The Bertz CT molecular complexity index is 881. The van der Waals surface area contributed by atoms with E-state index in [1.54, 1.807) is 12.4 Å². The van der Waals surface area contributed by atoms with Crippen molar-refractivity contribution in [1.82, 2.24) is 20.0 Å². The van der Waals surface area contributed by atoms with Gasteiger partial charge in [0.1, 0.15) is 12.4 Å². The minimum atomic E-state index is 0.336. The van der Waals surface area contributed by atoms with Gasteiger partial charge in [0.25, 0.3) is 0 Å². The smallest absolute Gasteiger partial charge is 0.230 e. The molecule has 6 heteroatoms. The molecule has 0 bridgehead atoms. The predicted molar refractivity (Wildman–Crippen MR) is 102 cm³/mol. The number of hydrogen-bond donors (Lipinski definition) is 0. The summed E-state index contributed by atoms with van der Waals surface area (Å²) in [4.78, 5) is 11.1. The van der Waals surface area contributed by atoms with Crippen molar-refractivity contribution >= 4 is 0 Å². The van der Waals surface area contributed by atoms with Crippen molar-refractivity contribution in [3.8, 4) is 17.1 Å². The first kappa shape index (κ1) is 17.7. The number of nitrogens with zero attached hydrogens (tertiary/aromatic N) is 4. The monoisotopic (exact) mass is 364 g/mol. The SMILES string of the molecule is C[C@H]1C[C@@H](c2nc(-c3cccc(OCc4cccnc4)c3)no2)CCN1C. The third-order valence-electron chi connectivity index (χ3n) is 5.22. The molecule has 0 aliphatic carbocycles. The van der Waals surface area contributed by atoms with Gasteiger partial charge in [-0.15, -0.1) is 0 Å². The number of likely N-dealkylation sites (tertiary alicyclic amines) is 1. The van der Waals surface area contributed by atoms with E-state index in [9.17, 15) is 0 Å². The van der Waals surface area contributed by atoms with Gasteiger partial charge in [-0.25, -0.2) is 0 Å². The summed E-state index contributed by atoms with van der Waals surface area (Å²) in [6, 6.07) is 12.2. The van der Waals surface area contributed by atoms with Gasteiger partial charge in [0.15, 0.2) is 0 Å². The fourth-order valence-electron chi connectivity index (χ4n) is 3.41. The van der Waals surface area contributed by atoms with Crippen LogP contribution in [0.5, 0.6) is 5.75 Å². The molecule has 3 heterocycles. The van der Waals surface area contributed by atoms with Gasteiger partial charge in [-0.2, -0.15) is 4.98 Å². The number of aromatic nitrogens is 3. The molecule has 0 N–H and O–H groups in total. The maximum Gasteiger partial charge on any atom is 0.230 e. The van der Waals surface area contributed by atoms with E-state index >= 15 is 0 Å². The highest BCUT2D eigenvalue weighted by atomic mass is 16.5. The van der Waals surface area contributed by atoms with Gasteiger partial charge in [0.05, 0.1) is 0 Å². The summed E-state index contributed by atoms with van der Waals surface area (Å²) in [6.07, 6.45) is 5.66. The Kier molecular flexibility index (Phi) is 5.16. The first-order chi connectivity index (χ1) is 13.2. The van der Waals surface area contributed by atoms with Crippen LogP contribution in [-0.4, -0.2) is 39.7 Å². The summed E-state index contributed by atoms with van der Waals surface area (Å²) in [5.41, 5.74) is 1.93. The highest BCUT2D eigenvalue weighted by Gasteiger charge is 2.28. The highest BCUT2D eigenvalue weighted by Crippen LogP contribution is 2.31. The summed E-state index contributed by atoms with van der Waals surface area (Å²) in [5.74, 6) is 2.47. The molecule has 0 radical (unpaired) electrons. The molecule has 4 rings (SSSR count). The molecule has 1 aromatic carbocycles. The van der Waals surface area contributed by atoms with E-state index in [2.05, 4.69) is 34.0 Å². The standard InChI is InChI=1S/C21H24N4O2/c1-15-11-18(8-10-25(15)2)21-23-20(24-27-21)17-6-3-7-19(12-17)26-14-16-5-4-9-22-13-16/h3-7,9,12-13,15,18H,8,10-11,14H2,1-2H3/t15-,18-/m0/s1. The Balaban J connectivity index is 1.45. The van der Waals surface area contributed by atoms with Crippen LogP contribution in [0.2, 0.25) is 0 Å². The van der Waals surface area contributed by atoms with E-state index < -0.39 is 0 Å². The van der Waals surface area contributed by atoms with Crippen LogP contribution in [0.3, 0.4) is 0 Å². The molecule has 1 aliphatic heterocycles. The molecule has 140 valence electrons.